The molecule has 1 N–H and O–H groups in total. The molecule has 2 amide bonds. The third-order valence-corrected chi connectivity index (χ3v) is 4.58. The van der Waals surface area contributed by atoms with Crippen LogP contribution < -0.4 is 10.1 Å². The van der Waals surface area contributed by atoms with Crippen molar-refractivity contribution in [1.29, 1.82) is 0 Å². The molecule has 0 saturated heterocycles. The number of nitrogens with zero attached hydrogens (tertiary/aromatic N) is 1. The van der Waals surface area contributed by atoms with E-state index >= 15 is 0 Å². The second-order valence-corrected chi connectivity index (χ2v) is 7.04. The molecule has 138 valence electrons. The fraction of sp³-hybridized carbons (Fsp3) is 0.263. The van der Waals surface area contributed by atoms with Gasteiger partial charge in [0.25, 0.3) is 5.91 Å². The molecule has 7 heteroatoms. The van der Waals surface area contributed by atoms with Gasteiger partial charge in [0.1, 0.15) is 11.8 Å². The topological polar surface area (TPSA) is 58.6 Å². The number of hydrogen-bond acceptors (Lipinski definition) is 3. The summed E-state index contributed by atoms with van der Waals surface area (Å²) in [5.41, 5.74) is 0.912. The first-order valence-electron chi connectivity index (χ1n) is 8.04. The van der Waals surface area contributed by atoms with E-state index in [0.717, 1.165) is 10.0 Å². The maximum Gasteiger partial charge on any atom is 0.261 e. The van der Waals surface area contributed by atoms with Gasteiger partial charge in [0.15, 0.2) is 6.61 Å². The molecule has 2 aromatic carbocycles. The van der Waals surface area contributed by atoms with Gasteiger partial charge in [0.2, 0.25) is 5.91 Å². The van der Waals surface area contributed by atoms with E-state index < -0.39 is 6.04 Å². The maximum atomic E-state index is 12.7. The fourth-order valence-electron chi connectivity index (χ4n) is 2.38. The highest BCUT2D eigenvalue weighted by molar-refractivity contribution is 9.10. The second-order valence-electron chi connectivity index (χ2n) is 5.68. The smallest absolute Gasteiger partial charge is 0.261 e. The number of hydrogen-bond donors (Lipinski definition) is 1. The quantitative estimate of drug-likeness (QED) is 0.716. The molecule has 0 saturated carbocycles. The number of rotatable bonds is 7. The highest BCUT2D eigenvalue weighted by Gasteiger charge is 2.25. The van der Waals surface area contributed by atoms with Crippen LogP contribution in [0.3, 0.4) is 0 Å². The van der Waals surface area contributed by atoms with Gasteiger partial charge in [-0.15, -0.1) is 0 Å². The van der Waals surface area contributed by atoms with Gasteiger partial charge in [-0.3, -0.25) is 9.59 Å². The highest BCUT2D eigenvalue weighted by Crippen LogP contribution is 2.17. The predicted octanol–water partition coefficient (Wildman–Crippen LogP) is 3.64. The highest BCUT2D eigenvalue weighted by atomic mass is 79.9. The predicted molar refractivity (Wildman–Crippen MR) is 105 cm³/mol. The average molecular weight is 440 g/mol. The van der Waals surface area contributed by atoms with Crippen molar-refractivity contribution in [3.05, 3.63) is 63.6 Å². The van der Waals surface area contributed by atoms with E-state index in [4.69, 9.17) is 16.3 Å². The lowest BCUT2D eigenvalue weighted by molar-refractivity contribution is -0.142. The minimum absolute atomic E-state index is 0.170. The summed E-state index contributed by atoms with van der Waals surface area (Å²) in [7, 11) is 1.55. The Bertz CT molecular complexity index is 768. The summed E-state index contributed by atoms with van der Waals surface area (Å²) in [6.45, 7) is 1.82. The van der Waals surface area contributed by atoms with E-state index in [9.17, 15) is 9.59 Å². The number of carbonyl (C=O) groups excluding carboxylic acids is 2. The number of carbonyl (C=O) groups is 2. The summed E-state index contributed by atoms with van der Waals surface area (Å²) in [4.78, 5) is 26.3. The first-order valence-corrected chi connectivity index (χ1v) is 9.21. The fourth-order valence-corrected chi connectivity index (χ4v) is 2.95. The van der Waals surface area contributed by atoms with E-state index in [0.29, 0.717) is 17.3 Å². The van der Waals surface area contributed by atoms with Crippen molar-refractivity contribution in [2.75, 3.05) is 13.7 Å². The zero-order valence-corrected chi connectivity index (χ0v) is 16.9. The molecule has 2 aromatic rings. The van der Waals surface area contributed by atoms with Crippen molar-refractivity contribution >= 4 is 39.3 Å². The van der Waals surface area contributed by atoms with E-state index in [1.807, 2.05) is 24.3 Å². The molecule has 0 aliphatic carbocycles. The van der Waals surface area contributed by atoms with Crippen LogP contribution >= 0.6 is 27.5 Å². The average Bonchev–Trinajstić information content (AvgIpc) is 2.64. The van der Waals surface area contributed by atoms with Crippen molar-refractivity contribution in [3.8, 4) is 5.75 Å². The Kier molecular flexibility index (Phi) is 7.48. The Morgan fingerprint density at radius 1 is 1.23 bits per heavy atom. The summed E-state index contributed by atoms with van der Waals surface area (Å²) in [6.07, 6.45) is 0. The van der Waals surface area contributed by atoms with Crippen LogP contribution in [0.5, 0.6) is 5.75 Å². The van der Waals surface area contributed by atoms with Crippen molar-refractivity contribution in [2.24, 2.45) is 0 Å². The minimum atomic E-state index is -0.625. The Morgan fingerprint density at radius 2 is 1.92 bits per heavy atom. The second kappa shape index (κ2) is 9.59. The van der Waals surface area contributed by atoms with Crippen molar-refractivity contribution < 1.29 is 14.3 Å². The number of benzene rings is 2. The molecule has 0 aliphatic heterocycles. The molecule has 2 rings (SSSR count). The molecule has 0 heterocycles. The van der Waals surface area contributed by atoms with Crippen LogP contribution in [-0.4, -0.2) is 36.4 Å². The summed E-state index contributed by atoms with van der Waals surface area (Å²) in [5.74, 6) is 0.0219. The van der Waals surface area contributed by atoms with Gasteiger partial charge in [0.05, 0.1) is 0 Å². The van der Waals surface area contributed by atoms with Gasteiger partial charge in [-0.2, -0.15) is 0 Å². The SMILES string of the molecule is CNC(=O)C(C)N(Cc1cccc(Br)c1)C(=O)COc1ccc(Cl)cc1. The lowest BCUT2D eigenvalue weighted by atomic mass is 10.1. The van der Waals surface area contributed by atoms with Crippen LogP contribution in [0.4, 0.5) is 0 Å². The molecule has 1 unspecified atom stereocenters. The van der Waals surface area contributed by atoms with Gasteiger partial charge < -0.3 is 15.0 Å². The number of ether oxygens (including phenoxy) is 1. The lowest BCUT2D eigenvalue weighted by Gasteiger charge is -2.28. The minimum Gasteiger partial charge on any atom is -0.484 e. The molecule has 1 atom stereocenters. The number of likely N-dealkylation sites (N-methyl/N-ethyl adjacent to an activating group) is 1. The van der Waals surface area contributed by atoms with Gasteiger partial charge in [-0.25, -0.2) is 0 Å². The van der Waals surface area contributed by atoms with Crippen LogP contribution in [-0.2, 0) is 16.1 Å². The zero-order chi connectivity index (χ0) is 19.1. The third-order valence-electron chi connectivity index (χ3n) is 3.83. The van der Waals surface area contributed by atoms with Crippen LogP contribution in [0.1, 0.15) is 12.5 Å². The van der Waals surface area contributed by atoms with Crippen molar-refractivity contribution in [2.45, 2.75) is 19.5 Å². The molecule has 0 aliphatic rings. The lowest BCUT2D eigenvalue weighted by Crippen LogP contribution is -2.48. The van der Waals surface area contributed by atoms with Gasteiger partial charge in [-0.1, -0.05) is 39.7 Å². The Balaban J connectivity index is 2.12. The van der Waals surface area contributed by atoms with E-state index in [1.54, 1.807) is 38.2 Å². The van der Waals surface area contributed by atoms with Crippen molar-refractivity contribution in [1.82, 2.24) is 10.2 Å². The van der Waals surface area contributed by atoms with Gasteiger partial charge in [0, 0.05) is 23.1 Å². The standard InChI is InChI=1S/C19H20BrClN2O3/c1-13(19(25)22-2)23(11-14-4-3-5-15(20)10-14)18(24)12-26-17-8-6-16(21)7-9-17/h3-10,13H,11-12H2,1-2H3,(H,22,25). The van der Waals surface area contributed by atoms with E-state index in [2.05, 4.69) is 21.2 Å². The Labute approximate surface area is 166 Å². The molecule has 26 heavy (non-hydrogen) atoms. The van der Waals surface area contributed by atoms with Crippen LogP contribution in [0.25, 0.3) is 0 Å². The number of halogens is 2. The molecule has 0 radical (unpaired) electrons. The Hall–Kier alpha value is -2.05. The van der Waals surface area contributed by atoms with Gasteiger partial charge >= 0.3 is 0 Å². The first kappa shape index (κ1) is 20.3. The monoisotopic (exact) mass is 438 g/mol. The molecule has 0 spiro atoms. The maximum absolute atomic E-state index is 12.7. The Morgan fingerprint density at radius 3 is 2.54 bits per heavy atom. The molecular weight excluding hydrogens is 420 g/mol. The molecule has 0 aromatic heterocycles. The van der Waals surface area contributed by atoms with Crippen LogP contribution in [0.15, 0.2) is 53.0 Å². The summed E-state index contributed by atoms with van der Waals surface area (Å²) in [6, 6.07) is 13.7. The van der Waals surface area contributed by atoms with E-state index in [1.165, 1.54) is 4.90 Å². The van der Waals surface area contributed by atoms with Crippen molar-refractivity contribution in [3.63, 3.8) is 0 Å². The molecule has 0 fully saturated rings. The summed E-state index contributed by atoms with van der Waals surface area (Å²) in [5, 5.41) is 3.17. The first-order chi connectivity index (χ1) is 12.4. The molecule has 5 nitrogen and oxygen atoms in total. The number of amides is 2. The number of nitrogens with one attached hydrogen (secondary N) is 1. The van der Waals surface area contributed by atoms with E-state index in [-0.39, 0.29) is 18.4 Å². The summed E-state index contributed by atoms with van der Waals surface area (Å²) < 4.78 is 6.45. The van der Waals surface area contributed by atoms with Gasteiger partial charge in [-0.05, 0) is 48.9 Å². The summed E-state index contributed by atoms with van der Waals surface area (Å²) >= 11 is 9.26. The molecule has 0 bridgehead atoms. The normalized spacial score (nSPS) is 11.5. The van der Waals surface area contributed by atoms with Crippen LogP contribution in [0.2, 0.25) is 5.02 Å². The zero-order valence-electron chi connectivity index (χ0n) is 14.5. The van der Waals surface area contributed by atoms with Crippen LogP contribution in [0, 0.1) is 0 Å². The third kappa shape index (κ3) is 5.75. The largest absolute Gasteiger partial charge is 0.484 e. The molecular formula is C19H20BrClN2O3.